The van der Waals surface area contributed by atoms with E-state index in [2.05, 4.69) is 25.7 Å². The van der Waals surface area contributed by atoms with Crippen molar-refractivity contribution in [2.24, 2.45) is 0 Å². The summed E-state index contributed by atoms with van der Waals surface area (Å²) in [6.45, 7) is 3.26. The number of tetrazole rings is 1. The van der Waals surface area contributed by atoms with Crippen LogP contribution in [0.4, 0.5) is 10.7 Å². The van der Waals surface area contributed by atoms with Crippen LogP contribution >= 0.6 is 0 Å². The first-order chi connectivity index (χ1) is 11.3. The van der Waals surface area contributed by atoms with Crippen LogP contribution in [0.25, 0.3) is 5.69 Å². The molecule has 120 valence electrons. The number of nitrogens with one attached hydrogen (secondary N) is 1. The number of hydrogen-bond acceptors (Lipinski definition) is 5. The maximum absolute atomic E-state index is 11.8. The van der Waals surface area contributed by atoms with Crippen LogP contribution in [0, 0.1) is 0 Å². The van der Waals surface area contributed by atoms with Crippen LogP contribution in [0.5, 0.6) is 0 Å². The molecule has 2 aromatic rings. The lowest BCUT2D eigenvalue weighted by molar-refractivity contribution is 0.186. The Bertz CT molecular complexity index is 678. The Morgan fingerprint density at radius 3 is 2.57 bits per heavy atom. The van der Waals surface area contributed by atoms with Gasteiger partial charge in [-0.1, -0.05) is 23.3 Å². The molecule has 2 aliphatic rings. The lowest BCUT2D eigenvalue weighted by Crippen LogP contribution is -2.46. The number of anilines is 1. The molecule has 2 fully saturated rings. The van der Waals surface area contributed by atoms with Gasteiger partial charge < -0.3 is 15.1 Å². The second kappa shape index (κ2) is 5.86. The highest BCUT2D eigenvalue weighted by Gasteiger charge is 2.31. The molecular formula is C15H19N7O. The summed E-state index contributed by atoms with van der Waals surface area (Å²) >= 11 is 0. The Balaban J connectivity index is 1.47. The minimum Gasteiger partial charge on any atom is -0.339 e. The normalized spacial score (nSPS) is 19.2. The van der Waals surface area contributed by atoms with Gasteiger partial charge >= 0.3 is 6.03 Å². The molecular weight excluding hydrogens is 294 g/mol. The highest BCUT2D eigenvalue weighted by Crippen LogP contribution is 2.23. The molecule has 8 heteroatoms. The Labute approximate surface area is 134 Å². The van der Waals surface area contributed by atoms with Crippen molar-refractivity contribution in [3.05, 3.63) is 30.3 Å². The highest BCUT2D eigenvalue weighted by molar-refractivity contribution is 5.76. The first kappa shape index (κ1) is 14.0. The van der Waals surface area contributed by atoms with Gasteiger partial charge in [-0.25, -0.2) is 4.79 Å². The fourth-order valence-electron chi connectivity index (χ4n) is 3.33. The van der Waals surface area contributed by atoms with Gasteiger partial charge in [0.15, 0.2) is 0 Å². The molecule has 0 aliphatic carbocycles. The number of rotatable bonds is 3. The van der Waals surface area contributed by atoms with Gasteiger partial charge in [0, 0.05) is 32.2 Å². The van der Waals surface area contributed by atoms with E-state index in [1.807, 2.05) is 35.2 Å². The molecule has 0 spiro atoms. The third-order valence-corrected chi connectivity index (χ3v) is 4.53. The van der Waals surface area contributed by atoms with Crippen LogP contribution in [0.1, 0.15) is 12.8 Å². The summed E-state index contributed by atoms with van der Waals surface area (Å²) in [4.78, 5) is 15.9. The number of carbonyl (C=O) groups is 1. The molecule has 1 aromatic carbocycles. The Morgan fingerprint density at radius 2 is 1.87 bits per heavy atom. The maximum Gasteiger partial charge on any atom is 0.317 e. The molecule has 0 saturated carbocycles. The second-order valence-corrected chi connectivity index (χ2v) is 5.87. The fourth-order valence-corrected chi connectivity index (χ4v) is 3.33. The standard InChI is InChI=1S/C15H19N7O/c23-15-16-8-11-21(15)12-6-9-20(10-7-12)14-17-18-19-22(14)13-4-2-1-3-5-13/h1-5,12H,6-11H2,(H,16,23). The largest absolute Gasteiger partial charge is 0.339 e. The van der Waals surface area contributed by atoms with Crippen molar-refractivity contribution in [1.29, 1.82) is 0 Å². The monoisotopic (exact) mass is 313 g/mol. The first-order valence-electron chi connectivity index (χ1n) is 7.96. The van der Waals surface area contributed by atoms with E-state index in [0.29, 0.717) is 6.04 Å². The summed E-state index contributed by atoms with van der Waals surface area (Å²) in [5, 5.41) is 15.0. The molecule has 3 heterocycles. The third kappa shape index (κ3) is 2.60. The number of urea groups is 1. The van der Waals surface area contributed by atoms with E-state index in [0.717, 1.165) is 50.7 Å². The smallest absolute Gasteiger partial charge is 0.317 e. The SMILES string of the molecule is O=C1NCCN1C1CCN(c2nnnn2-c2ccccc2)CC1. The molecule has 0 atom stereocenters. The third-order valence-electron chi connectivity index (χ3n) is 4.53. The number of aromatic nitrogens is 4. The maximum atomic E-state index is 11.8. The van der Waals surface area contributed by atoms with Crippen molar-refractivity contribution in [2.75, 3.05) is 31.1 Å². The summed E-state index contributed by atoms with van der Waals surface area (Å²) in [6, 6.07) is 10.3. The molecule has 2 saturated heterocycles. The lowest BCUT2D eigenvalue weighted by atomic mass is 10.0. The quantitative estimate of drug-likeness (QED) is 0.900. The summed E-state index contributed by atoms with van der Waals surface area (Å²) in [5.74, 6) is 0.764. The van der Waals surface area contributed by atoms with Crippen LogP contribution in [-0.2, 0) is 0 Å². The van der Waals surface area contributed by atoms with Gasteiger partial charge in [-0.15, -0.1) is 0 Å². The van der Waals surface area contributed by atoms with Crippen molar-refractivity contribution in [2.45, 2.75) is 18.9 Å². The van der Waals surface area contributed by atoms with E-state index in [-0.39, 0.29) is 6.03 Å². The zero-order valence-corrected chi connectivity index (χ0v) is 12.8. The number of nitrogens with zero attached hydrogens (tertiary/aromatic N) is 6. The number of para-hydroxylation sites is 1. The van der Waals surface area contributed by atoms with E-state index >= 15 is 0 Å². The number of hydrogen-bond donors (Lipinski definition) is 1. The van der Waals surface area contributed by atoms with Crippen LogP contribution in [0.2, 0.25) is 0 Å². The predicted molar refractivity (Wildman–Crippen MR) is 84.5 cm³/mol. The van der Waals surface area contributed by atoms with Gasteiger partial charge in [0.1, 0.15) is 0 Å². The Hall–Kier alpha value is -2.64. The number of carbonyl (C=O) groups excluding carboxylic acids is 1. The van der Waals surface area contributed by atoms with E-state index in [1.165, 1.54) is 0 Å². The minimum absolute atomic E-state index is 0.0672. The molecule has 2 aliphatic heterocycles. The number of piperidine rings is 1. The molecule has 0 bridgehead atoms. The van der Waals surface area contributed by atoms with Crippen LogP contribution < -0.4 is 10.2 Å². The van der Waals surface area contributed by atoms with Crippen molar-refractivity contribution < 1.29 is 4.79 Å². The van der Waals surface area contributed by atoms with E-state index < -0.39 is 0 Å². The first-order valence-corrected chi connectivity index (χ1v) is 7.96. The average molecular weight is 313 g/mol. The summed E-state index contributed by atoms with van der Waals surface area (Å²) in [5.41, 5.74) is 0.952. The summed E-state index contributed by atoms with van der Waals surface area (Å²) in [6.07, 6.45) is 1.88. The highest BCUT2D eigenvalue weighted by atomic mass is 16.2. The topological polar surface area (TPSA) is 79.2 Å². The number of amides is 2. The van der Waals surface area contributed by atoms with E-state index in [4.69, 9.17) is 0 Å². The summed E-state index contributed by atoms with van der Waals surface area (Å²) < 4.78 is 1.77. The zero-order valence-electron chi connectivity index (χ0n) is 12.8. The Kier molecular flexibility index (Phi) is 3.57. The van der Waals surface area contributed by atoms with Gasteiger partial charge in [-0.05, 0) is 35.4 Å². The van der Waals surface area contributed by atoms with Gasteiger partial charge in [-0.2, -0.15) is 4.68 Å². The predicted octanol–water partition coefficient (Wildman–Crippen LogP) is 0.656. The molecule has 4 rings (SSSR count). The van der Waals surface area contributed by atoms with Gasteiger partial charge in [0.05, 0.1) is 5.69 Å². The molecule has 0 radical (unpaired) electrons. The molecule has 2 amide bonds. The van der Waals surface area contributed by atoms with Gasteiger partial charge in [0.2, 0.25) is 5.95 Å². The van der Waals surface area contributed by atoms with Crippen molar-refractivity contribution >= 4 is 12.0 Å². The zero-order chi connectivity index (χ0) is 15.6. The molecule has 1 aromatic heterocycles. The van der Waals surface area contributed by atoms with E-state index in [1.54, 1.807) is 4.68 Å². The van der Waals surface area contributed by atoms with Crippen molar-refractivity contribution in [3.8, 4) is 5.69 Å². The van der Waals surface area contributed by atoms with Crippen molar-refractivity contribution in [3.63, 3.8) is 0 Å². The lowest BCUT2D eigenvalue weighted by Gasteiger charge is -2.36. The van der Waals surface area contributed by atoms with Gasteiger partial charge in [0.25, 0.3) is 0 Å². The van der Waals surface area contributed by atoms with Crippen LogP contribution in [0.3, 0.4) is 0 Å². The van der Waals surface area contributed by atoms with E-state index in [9.17, 15) is 4.79 Å². The van der Waals surface area contributed by atoms with Gasteiger partial charge in [-0.3, -0.25) is 0 Å². The Morgan fingerprint density at radius 1 is 1.09 bits per heavy atom. The fraction of sp³-hybridized carbons (Fsp3) is 0.467. The van der Waals surface area contributed by atoms with Crippen LogP contribution in [-0.4, -0.2) is 63.4 Å². The number of benzene rings is 1. The molecule has 0 unspecified atom stereocenters. The minimum atomic E-state index is 0.0672. The van der Waals surface area contributed by atoms with Crippen LogP contribution in [0.15, 0.2) is 30.3 Å². The summed E-state index contributed by atoms with van der Waals surface area (Å²) in [7, 11) is 0. The second-order valence-electron chi connectivity index (χ2n) is 5.87. The average Bonchev–Trinajstić information content (AvgIpc) is 3.25. The molecule has 1 N–H and O–H groups in total. The van der Waals surface area contributed by atoms with Crippen molar-refractivity contribution in [1.82, 2.24) is 30.4 Å². The molecule has 8 nitrogen and oxygen atoms in total. The molecule has 23 heavy (non-hydrogen) atoms.